The number of anilines is 1. The van der Waals surface area contributed by atoms with E-state index in [1.54, 1.807) is 54.6 Å². The number of aliphatic carboxylic acids is 1. The molecule has 42 heavy (non-hydrogen) atoms. The number of amidine groups is 1. The lowest BCUT2D eigenvalue weighted by molar-refractivity contribution is -0.139. The first-order chi connectivity index (χ1) is 20.2. The van der Waals surface area contributed by atoms with Gasteiger partial charge in [0.25, 0.3) is 0 Å². The molecule has 1 saturated heterocycles. The average Bonchev–Trinajstić information content (AvgIpc) is 3.51. The number of imidazole rings is 1. The number of benzene rings is 2. The van der Waals surface area contributed by atoms with Crippen LogP contribution in [0.15, 0.2) is 65.9 Å². The highest BCUT2D eigenvalue weighted by Gasteiger charge is 2.46. The van der Waals surface area contributed by atoms with Crippen molar-refractivity contribution < 1.29 is 39.5 Å². The normalized spacial score (nSPS) is 24.7. The summed E-state index contributed by atoms with van der Waals surface area (Å²) < 4.78 is 12.6. The second-order valence-corrected chi connectivity index (χ2v) is 10.1. The van der Waals surface area contributed by atoms with Gasteiger partial charge in [-0.1, -0.05) is 42.5 Å². The standard InChI is InChI=1S/C28H32N6O8/c1-15-31-24(29-12-17-7-9-18(35)10-8-17)21-25(32-15)34(14-30-21)26-23(37)22(36)20(42-26)13-41-28(40)33-19(27(38)39)11-16-5-3-2-4-6-16/h2-10,14-15,19-20,22-23,26,32,35-37H,11-13H2,1H3,(H,29,31)(H,33,40)(H,38,39)/t15?,19?,20-,22?,23?,26-/m1/s1. The number of aliphatic imine (C=N–C) groups is 1. The molecule has 3 heterocycles. The number of hydrogen-bond acceptors (Lipinski definition) is 10. The SMILES string of the molecule is CC1NC(=NCc2ccc(O)cc2)c2ncn([C@@H]3O[C@H](COC(=O)NC(Cc4ccccc4)C(=O)O)C(O)C3O)c2N1. The molecular weight excluding hydrogens is 548 g/mol. The van der Waals surface area contributed by atoms with Crippen LogP contribution in [0.25, 0.3) is 0 Å². The summed E-state index contributed by atoms with van der Waals surface area (Å²) in [7, 11) is 0. The van der Waals surface area contributed by atoms with Crippen LogP contribution in [0.4, 0.5) is 10.6 Å². The molecule has 7 N–H and O–H groups in total. The van der Waals surface area contributed by atoms with Crippen molar-refractivity contribution in [2.75, 3.05) is 11.9 Å². The van der Waals surface area contributed by atoms with Gasteiger partial charge >= 0.3 is 12.1 Å². The highest BCUT2D eigenvalue weighted by molar-refractivity contribution is 6.03. The Morgan fingerprint density at radius 1 is 1.10 bits per heavy atom. The summed E-state index contributed by atoms with van der Waals surface area (Å²) in [4.78, 5) is 33.1. The lowest BCUT2D eigenvalue weighted by atomic mass is 10.1. The van der Waals surface area contributed by atoms with Crippen molar-refractivity contribution in [3.8, 4) is 5.75 Å². The quantitative estimate of drug-likeness (QED) is 0.190. The lowest BCUT2D eigenvalue weighted by Crippen LogP contribution is -2.44. The Morgan fingerprint density at radius 2 is 1.83 bits per heavy atom. The highest BCUT2D eigenvalue weighted by Crippen LogP contribution is 2.34. The van der Waals surface area contributed by atoms with Gasteiger partial charge in [0, 0.05) is 6.42 Å². The minimum Gasteiger partial charge on any atom is -0.508 e. The number of carbonyl (C=O) groups excluding carboxylic acids is 1. The van der Waals surface area contributed by atoms with Crippen molar-refractivity contribution in [2.24, 2.45) is 4.99 Å². The number of aromatic hydroxyl groups is 1. The minimum absolute atomic E-state index is 0.0564. The zero-order valence-corrected chi connectivity index (χ0v) is 22.6. The Kier molecular flexibility index (Phi) is 8.56. The number of phenols is 1. The van der Waals surface area contributed by atoms with Gasteiger partial charge in [-0.2, -0.15) is 0 Å². The van der Waals surface area contributed by atoms with Crippen LogP contribution >= 0.6 is 0 Å². The number of nitrogens with zero attached hydrogens (tertiary/aromatic N) is 3. The van der Waals surface area contributed by atoms with E-state index in [0.29, 0.717) is 23.9 Å². The van der Waals surface area contributed by atoms with E-state index in [2.05, 4.69) is 25.9 Å². The van der Waals surface area contributed by atoms with E-state index in [1.807, 2.05) is 6.92 Å². The molecule has 2 aliphatic rings. The molecule has 5 rings (SSSR count). The summed E-state index contributed by atoms with van der Waals surface area (Å²) in [6, 6.07) is 14.3. The number of carboxylic acid groups (broad SMARTS) is 1. The van der Waals surface area contributed by atoms with E-state index in [-0.39, 0.29) is 18.3 Å². The van der Waals surface area contributed by atoms with Crippen LogP contribution in [0, 0.1) is 0 Å². The molecule has 1 amide bonds. The first-order valence-corrected chi connectivity index (χ1v) is 13.3. The van der Waals surface area contributed by atoms with Crippen LogP contribution in [0.3, 0.4) is 0 Å². The van der Waals surface area contributed by atoms with Crippen LogP contribution in [-0.4, -0.2) is 85.0 Å². The summed E-state index contributed by atoms with van der Waals surface area (Å²) in [5.74, 6) is -0.0478. The summed E-state index contributed by atoms with van der Waals surface area (Å²) in [5.41, 5.74) is 2.09. The van der Waals surface area contributed by atoms with Crippen molar-refractivity contribution in [3.05, 3.63) is 77.7 Å². The predicted molar refractivity (Wildman–Crippen MR) is 149 cm³/mol. The van der Waals surface area contributed by atoms with Gasteiger partial charge in [0.2, 0.25) is 0 Å². The van der Waals surface area contributed by atoms with E-state index in [0.717, 1.165) is 11.1 Å². The smallest absolute Gasteiger partial charge is 0.407 e. The number of ether oxygens (including phenoxy) is 2. The molecule has 0 bridgehead atoms. The van der Waals surface area contributed by atoms with Crippen LogP contribution in [0.1, 0.15) is 30.0 Å². The number of nitrogens with one attached hydrogen (secondary N) is 3. The monoisotopic (exact) mass is 580 g/mol. The Bertz CT molecular complexity index is 1430. The fraction of sp³-hybridized carbons (Fsp3) is 0.357. The number of amides is 1. The maximum Gasteiger partial charge on any atom is 0.407 e. The molecule has 0 saturated carbocycles. The summed E-state index contributed by atoms with van der Waals surface area (Å²) in [6.45, 7) is 1.77. The summed E-state index contributed by atoms with van der Waals surface area (Å²) in [6.07, 6.45) is -4.68. The number of carbonyl (C=O) groups is 2. The molecule has 0 radical (unpaired) electrons. The van der Waals surface area contributed by atoms with Gasteiger partial charge in [0.1, 0.15) is 48.2 Å². The van der Waals surface area contributed by atoms with Crippen molar-refractivity contribution in [2.45, 2.75) is 56.6 Å². The molecule has 1 aromatic heterocycles. The summed E-state index contributed by atoms with van der Waals surface area (Å²) >= 11 is 0. The van der Waals surface area contributed by atoms with Crippen LogP contribution in [0.2, 0.25) is 0 Å². The molecule has 0 spiro atoms. The van der Waals surface area contributed by atoms with Crippen molar-refractivity contribution in [1.82, 2.24) is 20.2 Å². The van der Waals surface area contributed by atoms with Gasteiger partial charge in [-0.3, -0.25) is 9.56 Å². The van der Waals surface area contributed by atoms with Crippen molar-refractivity contribution >= 4 is 23.7 Å². The van der Waals surface area contributed by atoms with Gasteiger partial charge in [0.05, 0.1) is 19.0 Å². The van der Waals surface area contributed by atoms with Gasteiger partial charge < -0.3 is 45.9 Å². The summed E-state index contributed by atoms with van der Waals surface area (Å²) in [5, 5.41) is 49.2. The van der Waals surface area contributed by atoms with E-state index < -0.39 is 49.3 Å². The maximum absolute atomic E-state index is 12.4. The van der Waals surface area contributed by atoms with Crippen LogP contribution in [-0.2, 0) is 27.2 Å². The Balaban J connectivity index is 1.23. The van der Waals surface area contributed by atoms with E-state index in [9.17, 15) is 30.0 Å². The molecule has 3 aromatic rings. The van der Waals surface area contributed by atoms with Gasteiger partial charge in [-0.25, -0.2) is 14.6 Å². The number of aromatic nitrogens is 2. The van der Waals surface area contributed by atoms with Gasteiger partial charge in [-0.15, -0.1) is 0 Å². The number of carboxylic acids is 1. The molecule has 1 fully saturated rings. The van der Waals surface area contributed by atoms with Gasteiger partial charge in [0.15, 0.2) is 12.1 Å². The van der Waals surface area contributed by atoms with E-state index in [4.69, 9.17) is 9.47 Å². The number of aliphatic hydroxyl groups excluding tert-OH is 2. The molecular formula is C28H32N6O8. The average molecular weight is 581 g/mol. The molecule has 2 aliphatic heterocycles. The zero-order valence-electron chi connectivity index (χ0n) is 22.6. The third-order valence-corrected chi connectivity index (χ3v) is 6.94. The van der Waals surface area contributed by atoms with Crippen molar-refractivity contribution in [1.29, 1.82) is 0 Å². The molecule has 14 heteroatoms. The number of alkyl carbamates (subject to hydrolysis) is 1. The number of phenolic OH excluding ortho intramolecular Hbond substituents is 1. The fourth-order valence-corrected chi connectivity index (χ4v) is 4.77. The van der Waals surface area contributed by atoms with Gasteiger partial charge in [-0.05, 0) is 30.2 Å². The van der Waals surface area contributed by atoms with E-state index >= 15 is 0 Å². The first kappa shape index (κ1) is 28.9. The number of hydrogen-bond donors (Lipinski definition) is 7. The Morgan fingerprint density at radius 3 is 2.55 bits per heavy atom. The molecule has 6 atom stereocenters. The number of aliphatic hydroxyl groups is 2. The zero-order chi connectivity index (χ0) is 29.8. The second kappa shape index (κ2) is 12.5. The fourth-order valence-electron chi connectivity index (χ4n) is 4.77. The molecule has 4 unspecified atom stereocenters. The molecule has 2 aromatic carbocycles. The van der Waals surface area contributed by atoms with Crippen LogP contribution < -0.4 is 16.0 Å². The molecule has 14 nitrogen and oxygen atoms in total. The minimum atomic E-state index is -1.40. The number of rotatable bonds is 9. The largest absolute Gasteiger partial charge is 0.508 e. The molecule has 0 aliphatic carbocycles. The van der Waals surface area contributed by atoms with E-state index in [1.165, 1.54) is 10.9 Å². The Hall–Kier alpha value is -4.66. The predicted octanol–water partition coefficient (Wildman–Crippen LogP) is 0.938. The third-order valence-electron chi connectivity index (χ3n) is 6.94. The molecule has 222 valence electrons. The number of fused-ring (bicyclic) bond motifs is 1. The van der Waals surface area contributed by atoms with Crippen LogP contribution in [0.5, 0.6) is 5.75 Å². The second-order valence-electron chi connectivity index (χ2n) is 10.1. The highest BCUT2D eigenvalue weighted by atomic mass is 16.6. The van der Waals surface area contributed by atoms with Crippen molar-refractivity contribution in [3.63, 3.8) is 0 Å². The lowest BCUT2D eigenvalue weighted by Gasteiger charge is -2.28. The topological polar surface area (TPSA) is 200 Å². The maximum atomic E-state index is 12.4. The third kappa shape index (κ3) is 6.46. The first-order valence-electron chi connectivity index (χ1n) is 13.3. The Labute approximate surface area is 240 Å².